The highest BCUT2D eigenvalue weighted by Crippen LogP contribution is 2.42. The zero-order chi connectivity index (χ0) is 55.7. The van der Waals surface area contributed by atoms with Crippen molar-refractivity contribution in [3.63, 3.8) is 0 Å². The van der Waals surface area contributed by atoms with Crippen molar-refractivity contribution in [1.29, 1.82) is 0 Å². The Bertz CT molecular complexity index is 2560. The molecule has 0 aromatic heterocycles. The van der Waals surface area contributed by atoms with Gasteiger partial charge >= 0.3 is 5.97 Å². The van der Waals surface area contributed by atoms with Gasteiger partial charge in [0.25, 0.3) is 5.91 Å². The summed E-state index contributed by atoms with van der Waals surface area (Å²) in [5.74, 6) is 1.28. The summed E-state index contributed by atoms with van der Waals surface area (Å²) in [6.07, 6.45) is 3.55. The lowest BCUT2D eigenvalue weighted by Gasteiger charge is -2.37. The molecule has 0 radical (unpaired) electrons. The lowest BCUT2D eigenvalue weighted by atomic mass is 9.91. The summed E-state index contributed by atoms with van der Waals surface area (Å²) in [6.45, 7) is 5.62. The van der Waals surface area contributed by atoms with Crippen molar-refractivity contribution in [2.45, 2.75) is 76.4 Å². The molecule has 1 saturated heterocycles. The normalized spacial score (nSPS) is 15.0. The second kappa shape index (κ2) is 32.5. The van der Waals surface area contributed by atoms with Crippen molar-refractivity contribution in [1.82, 2.24) is 15.5 Å². The molecule has 0 aliphatic carbocycles. The zero-order valence-electron chi connectivity index (χ0n) is 45.2. The second-order valence-electron chi connectivity index (χ2n) is 18.3. The Labute approximate surface area is 467 Å². The van der Waals surface area contributed by atoms with Gasteiger partial charge in [0.1, 0.15) is 29.5 Å². The molecule has 21 heteroatoms. The number of nitrogens with zero attached hydrogens (tertiary/aromatic N) is 3. The first-order chi connectivity index (χ1) is 37.9. The molecule has 2 aliphatic heterocycles. The topological polar surface area (TPSA) is 203 Å². The minimum absolute atomic E-state index is 0.181. The fraction of sp³-hybridized carbons (Fsp3) is 0.491. The quantitative estimate of drug-likeness (QED) is 0.0350. The largest absolute Gasteiger partial charge is 0.497 e. The van der Waals surface area contributed by atoms with Gasteiger partial charge in [0.05, 0.1) is 109 Å². The lowest BCUT2D eigenvalue weighted by Crippen LogP contribution is -2.50. The molecule has 78 heavy (non-hydrogen) atoms. The van der Waals surface area contributed by atoms with Gasteiger partial charge in [-0.05, 0) is 110 Å². The molecule has 424 valence electrons. The van der Waals surface area contributed by atoms with Gasteiger partial charge in [0, 0.05) is 26.1 Å². The van der Waals surface area contributed by atoms with Crippen LogP contribution >= 0.6 is 23.2 Å². The number of halogens is 2. The minimum atomic E-state index is -0.792. The Morgan fingerprint density at radius 1 is 0.705 bits per heavy atom. The molecule has 6 rings (SSSR count). The van der Waals surface area contributed by atoms with Gasteiger partial charge in [-0.3, -0.25) is 19.4 Å². The predicted octanol–water partition coefficient (Wildman–Crippen LogP) is 8.11. The Hall–Kier alpha value is -6.35. The molecule has 4 aromatic rings. The van der Waals surface area contributed by atoms with Crippen LogP contribution in [0.4, 0.5) is 5.69 Å². The molecule has 1 fully saturated rings. The summed E-state index contributed by atoms with van der Waals surface area (Å²) in [4.78, 5) is 55.6. The van der Waals surface area contributed by atoms with E-state index in [1.54, 1.807) is 59.5 Å². The van der Waals surface area contributed by atoms with Crippen LogP contribution < -0.4 is 39.3 Å². The molecular weight excluding hydrogens is 1050 g/mol. The molecule has 19 nitrogen and oxygen atoms in total. The van der Waals surface area contributed by atoms with Crippen molar-refractivity contribution in [3.8, 4) is 28.7 Å². The van der Waals surface area contributed by atoms with Crippen LogP contribution in [0.15, 0.2) is 84.0 Å². The monoisotopic (exact) mass is 1120 g/mol. The van der Waals surface area contributed by atoms with Crippen LogP contribution in [0, 0.1) is 0 Å². The molecule has 0 spiro atoms. The van der Waals surface area contributed by atoms with E-state index < -0.39 is 24.0 Å². The molecule has 3 amide bonds. The number of aryl methyl sites for hydroxylation is 1. The highest BCUT2D eigenvalue weighted by atomic mass is 35.5. The van der Waals surface area contributed by atoms with E-state index in [1.165, 1.54) is 21.3 Å². The molecule has 4 aromatic carbocycles. The van der Waals surface area contributed by atoms with E-state index in [4.69, 9.17) is 70.6 Å². The minimum Gasteiger partial charge on any atom is -0.497 e. The first-order valence-corrected chi connectivity index (χ1v) is 27.0. The second-order valence-corrected chi connectivity index (χ2v) is 19.1. The average molecular weight is 1120 g/mol. The number of benzene rings is 4. The fourth-order valence-corrected chi connectivity index (χ4v) is 9.19. The molecule has 2 aliphatic rings. The van der Waals surface area contributed by atoms with E-state index in [0.29, 0.717) is 135 Å². The number of anilines is 1. The third-order valence-corrected chi connectivity index (χ3v) is 13.8. The van der Waals surface area contributed by atoms with Gasteiger partial charge in [-0.2, -0.15) is 5.10 Å². The highest BCUT2D eigenvalue weighted by Gasteiger charge is 2.38. The summed E-state index contributed by atoms with van der Waals surface area (Å²) in [5.41, 5.74) is 3.20. The summed E-state index contributed by atoms with van der Waals surface area (Å²) >= 11 is 12.1. The Morgan fingerprint density at radius 2 is 1.40 bits per heavy atom. The number of hydrazone groups is 1. The van der Waals surface area contributed by atoms with Crippen LogP contribution in [-0.2, 0) is 49.3 Å². The van der Waals surface area contributed by atoms with E-state index in [9.17, 15) is 19.2 Å². The maximum atomic E-state index is 14.5. The van der Waals surface area contributed by atoms with Crippen molar-refractivity contribution >= 4 is 58.4 Å². The van der Waals surface area contributed by atoms with Crippen molar-refractivity contribution in [2.75, 3.05) is 113 Å². The van der Waals surface area contributed by atoms with E-state index >= 15 is 0 Å². The summed E-state index contributed by atoms with van der Waals surface area (Å²) in [6, 6.07) is 22.9. The number of hydrogen-bond acceptors (Lipinski definition) is 16. The van der Waals surface area contributed by atoms with Crippen LogP contribution in [0.1, 0.15) is 80.6 Å². The molecule has 2 N–H and O–H groups in total. The molecule has 2 unspecified atom stereocenters. The fourth-order valence-electron chi connectivity index (χ4n) is 8.89. The number of methoxy groups -OCH3 is 4. The van der Waals surface area contributed by atoms with Crippen LogP contribution in [-0.4, -0.2) is 148 Å². The molecule has 0 saturated carbocycles. The van der Waals surface area contributed by atoms with Crippen molar-refractivity contribution in [3.05, 3.63) is 106 Å². The molecule has 3 atom stereocenters. The summed E-state index contributed by atoms with van der Waals surface area (Å²) < 4.78 is 56.6. The highest BCUT2D eigenvalue weighted by molar-refractivity contribution is 6.42. The first kappa shape index (κ1) is 60.9. The smallest absolute Gasteiger partial charge is 0.329 e. The molecular formula is C57H73Cl2N5O14. The number of esters is 1. The van der Waals surface area contributed by atoms with E-state index in [1.807, 2.05) is 43.3 Å². The maximum absolute atomic E-state index is 14.5. The first-order valence-electron chi connectivity index (χ1n) is 26.3. The maximum Gasteiger partial charge on any atom is 0.329 e. The Morgan fingerprint density at radius 3 is 2.05 bits per heavy atom. The Kier molecular flexibility index (Phi) is 25.4. The van der Waals surface area contributed by atoms with Gasteiger partial charge in [-0.25, -0.2) is 4.79 Å². The number of piperidine rings is 1. The molecule has 2 heterocycles. The third-order valence-electron chi connectivity index (χ3n) is 13.0. The van der Waals surface area contributed by atoms with Gasteiger partial charge in [0.2, 0.25) is 17.6 Å². The van der Waals surface area contributed by atoms with Crippen LogP contribution in [0.25, 0.3) is 0 Å². The SMILES string of the molecule is CCC(C(=O)N1CCCCC1C(=O)O[C@@H](CCc1ccc(OC)cc1)c1cccc(OCC(=O)NCCOCCOCCOCCOCCC(=O)NC2=NN(c3ccc(Cl)c(Cl)c3)CC2)c1)c1cc(OC)c(OC)c(OC)c1. The Balaban J connectivity index is 0.882. The van der Waals surface area contributed by atoms with Crippen LogP contribution in [0.3, 0.4) is 0 Å². The molecule has 0 bridgehead atoms. The van der Waals surface area contributed by atoms with Gasteiger partial charge < -0.3 is 62.9 Å². The number of carbonyl (C=O) groups excluding carboxylic acids is 4. The lowest BCUT2D eigenvalue weighted by molar-refractivity contribution is -0.162. The predicted molar refractivity (Wildman–Crippen MR) is 295 cm³/mol. The number of nitrogens with one attached hydrogen (secondary N) is 2. The number of hydrogen-bond donors (Lipinski definition) is 2. The number of rotatable bonds is 32. The van der Waals surface area contributed by atoms with Crippen molar-refractivity contribution in [2.24, 2.45) is 5.10 Å². The van der Waals surface area contributed by atoms with Crippen LogP contribution in [0.5, 0.6) is 28.7 Å². The standard InChI is InChI=1S/C57H73Cl2N5O14/c1-6-45(41-35-50(70-3)55(72-5)51(36-41)71-4)56(67)63-24-8-7-12-48(63)57(68)78-49(20-15-39-13-17-43(69-2)18-14-39)40-10-9-11-44(34-40)77-38-54(66)60-23-27-74-29-31-76-33-32-75-30-28-73-26-22-53(65)61-52-21-25-64(62-52)42-16-19-46(58)47(59)37-42/h9-11,13-14,16-19,34-37,45,48-49H,6-8,12,15,20-33,38H2,1-5H3,(H,60,66)(H,61,62,65)/t45?,48?,49-/m0/s1. The average Bonchev–Trinajstić information content (AvgIpc) is 3.95. The van der Waals surface area contributed by atoms with Crippen molar-refractivity contribution < 1.29 is 66.5 Å². The van der Waals surface area contributed by atoms with Gasteiger partial charge in [0.15, 0.2) is 18.1 Å². The summed E-state index contributed by atoms with van der Waals surface area (Å²) in [7, 11) is 6.20. The van der Waals surface area contributed by atoms with E-state index in [2.05, 4.69) is 15.7 Å². The summed E-state index contributed by atoms with van der Waals surface area (Å²) in [5, 5.41) is 12.7. The number of carbonyl (C=O) groups is 4. The van der Waals surface area contributed by atoms with E-state index in [-0.39, 0.29) is 50.5 Å². The number of likely N-dealkylation sites (tertiary alicyclic amines) is 1. The third kappa shape index (κ3) is 18.7. The van der Waals surface area contributed by atoms with Gasteiger partial charge in [-0.15, -0.1) is 0 Å². The van der Waals surface area contributed by atoms with Gasteiger partial charge in [-0.1, -0.05) is 54.4 Å². The number of amides is 3. The van der Waals surface area contributed by atoms with Crippen LogP contribution in [0.2, 0.25) is 10.0 Å². The zero-order valence-corrected chi connectivity index (χ0v) is 46.7. The van der Waals surface area contributed by atoms with E-state index in [0.717, 1.165) is 29.8 Å². The number of ether oxygens (including phenoxy) is 10. The number of amidine groups is 1.